The third-order valence-corrected chi connectivity index (χ3v) is 3.14. The summed E-state index contributed by atoms with van der Waals surface area (Å²) in [4.78, 5) is 9.17. The normalized spacial score (nSPS) is 11.6. The Bertz CT molecular complexity index is 893. The summed E-state index contributed by atoms with van der Waals surface area (Å²) in [5.41, 5.74) is 5.24. The van der Waals surface area contributed by atoms with Crippen LogP contribution in [0.1, 0.15) is 5.56 Å². The zero-order chi connectivity index (χ0) is 12.1. The molecule has 86 valence electrons. The van der Waals surface area contributed by atoms with E-state index in [0.29, 0.717) is 5.71 Å². The molecule has 0 aliphatic carbocycles. The van der Waals surface area contributed by atoms with E-state index in [1.807, 2.05) is 36.4 Å². The van der Waals surface area contributed by atoms with Crippen LogP contribution in [0.5, 0.6) is 0 Å². The highest BCUT2D eigenvalue weighted by atomic mass is 16.3. The van der Waals surface area contributed by atoms with Gasteiger partial charge in [0.25, 0.3) is 0 Å². The molecule has 0 radical (unpaired) electrons. The van der Waals surface area contributed by atoms with Crippen LogP contribution in [0, 0.1) is 6.92 Å². The minimum absolute atomic E-state index is 0.606. The maximum atomic E-state index is 5.74. The molecule has 0 amide bonds. The minimum atomic E-state index is 0.606. The number of furan rings is 1. The second kappa shape index (κ2) is 3.29. The van der Waals surface area contributed by atoms with Crippen LogP contribution in [0.3, 0.4) is 0 Å². The lowest BCUT2D eigenvalue weighted by Gasteiger charge is -1.95. The van der Waals surface area contributed by atoms with E-state index in [1.54, 1.807) is 0 Å². The van der Waals surface area contributed by atoms with E-state index in [1.165, 1.54) is 5.56 Å². The van der Waals surface area contributed by atoms with Gasteiger partial charge in [0.1, 0.15) is 11.1 Å². The topological polar surface area (TPSA) is 38.9 Å². The molecule has 3 heteroatoms. The average molecular weight is 234 g/mol. The van der Waals surface area contributed by atoms with Gasteiger partial charge in [-0.1, -0.05) is 23.8 Å². The van der Waals surface area contributed by atoms with E-state index in [9.17, 15) is 0 Å². The Labute approximate surface area is 103 Å². The van der Waals surface area contributed by atoms with Crippen LogP contribution in [0.15, 0.2) is 46.9 Å². The maximum absolute atomic E-state index is 5.74. The molecule has 0 unspecified atom stereocenters. The van der Waals surface area contributed by atoms with E-state index in [2.05, 4.69) is 23.0 Å². The number of aryl methyl sites for hydroxylation is 1. The Morgan fingerprint density at radius 3 is 2.56 bits per heavy atom. The summed E-state index contributed by atoms with van der Waals surface area (Å²) in [6.45, 7) is 2.06. The molecular weight excluding hydrogens is 224 g/mol. The first-order valence-corrected chi connectivity index (χ1v) is 5.87. The molecule has 0 atom stereocenters. The highest BCUT2D eigenvalue weighted by Gasteiger charge is 2.10. The van der Waals surface area contributed by atoms with Crippen molar-refractivity contribution in [2.45, 2.75) is 6.92 Å². The molecular formula is C15H10N2O. The van der Waals surface area contributed by atoms with Gasteiger partial charge in [0, 0.05) is 5.39 Å². The third-order valence-electron chi connectivity index (χ3n) is 3.14. The van der Waals surface area contributed by atoms with Crippen molar-refractivity contribution in [3.05, 3.63) is 48.0 Å². The van der Waals surface area contributed by atoms with Crippen LogP contribution in [0.2, 0.25) is 0 Å². The van der Waals surface area contributed by atoms with Crippen LogP contribution in [-0.4, -0.2) is 9.97 Å². The van der Waals surface area contributed by atoms with Gasteiger partial charge in [-0.2, -0.15) is 0 Å². The molecule has 0 bridgehead atoms. The Hall–Kier alpha value is -2.42. The summed E-state index contributed by atoms with van der Waals surface area (Å²) in [5.74, 6) is 0. The summed E-state index contributed by atoms with van der Waals surface area (Å²) in [6.07, 6.45) is 0. The van der Waals surface area contributed by atoms with Crippen molar-refractivity contribution in [2.75, 3.05) is 0 Å². The van der Waals surface area contributed by atoms with Crippen molar-refractivity contribution in [3.63, 3.8) is 0 Å². The maximum Gasteiger partial charge on any atom is 0.246 e. The fourth-order valence-corrected chi connectivity index (χ4v) is 2.25. The number of aromatic nitrogens is 2. The molecule has 4 rings (SSSR count). The summed E-state index contributed by atoms with van der Waals surface area (Å²) in [5, 5.41) is 1.03. The summed E-state index contributed by atoms with van der Waals surface area (Å²) >= 11 is 0. The lowest BCUT2D eigenvalue weighted by molar-refractivity contribution is 0.655. The van der Waals surface area contributed by atoms with Gasteiger partial charge in [-0.15, -0.1) is 0 Å². The molecule has 2 heterocycles. The van der Waals surface area contributed by atoms with E-state index < -0.39 is 0 Å². The highest BCUT2D eigenvalue weighted by Crippen LogP contribution is 2.28. The predicted octanol–water partition coefficient (Wildman–Crippen LogP) is 3.84. The van der Waals surface area contributed by atoms with Crippen LogP contribution in [0.4, 0.5) is 0 Å². The quantitative estimate of drug-likeness (QED) is 0.464. The highest BCUT2D eigenvalue weighted by molar-refractivity contribution is 6.03. The predicted molar refractivity (Wildman–Crippen MR) is 71.6 cm³/mol. The molecule has 0 saturated carbocycles. The SMILES string of the molecule is Cc1ccc2oc3nc4ccccc4nc3c2c1. The molecule has 0 N–H and O–H groups in total. The van der Waals surface area contributed by atoms with Gasteiger partial charge in [-0.3, -0.25) is 0 Å². The van der Waals surface area contributed by atoms with Crippen LogP contribution >= 0.6 is 0 Å². The number of para-hydroxylation sites is 2. The number of benzene rings is 2. The van der Waals surface area contributed by atoms with Crippen molar-refractivity contribution < 1.29 is 4.42 Å². The summed E-state index contributed by atoms with van der Waals surface area (Å²) in [6, 6.07) is 13.9. The fraction of sp³-hybridized carbons (Fsp3) is 0.0667. The molecule has 3 nitrogen and oxygen atoms in total. The number of fused-ring (bicyclic) bond motifs is 4. The van der Waals surface area contributed by atoms with Gasteiger partial charge in [-0.05, 0) is 31.2 Å². The molecule has 0 spiro atoms. The molecule has 0 aliphatic heterocycles. The van der Waals surface area contributed by atoms with Crippen molar-refractivity contribution >= 4 is 33.2 Å². The zero-order valence-corrected chi connectivity index (χ0v) is 9.84. The molecule has 2 aromatic carbocycles. The number of nitrogens with zero attached hydrogens (tertiary/aromatic N) is 2. The fourth-order valence-electron chi connectivity index (χ4n) is 2.25. The molecule has 2 aromatic heterocycles. The molecule has 0 fully saturated rings. The standard InChI is InChI=1S/C15H10N2O/c1-9-6-7-13-10(8-9)14-15(18-13)17-12-5-3-2-4-11(12)16-14/h2-8H,1H3. The first-order chi connectivity index (χ1) is 8.81. The largest absolute Gasteiger partial charge is 0.436 e. The Morgan fingerprint density at radius 1 is 0.944 bits per heavy atom. The van der Waals surface area contributed by atoms with E-state index in [0.717, 1.165) is 27.5 Å². The number of hydrogen-bond acceptors (Lipinski definition) is 3. The number of rotatable bonds is 0. The Kier molecular flexibility index (Phi) is 1.75. The van der Waals surface area contributed by atoms with Gasteiger partial charge in [0.2, 0.25) is 5.71 Å². The number of hydrogen-bond donors (Lipinski definition) is 0. The molecule has 18 heavy (non-hydrogen) atoms. The van der Waals surface area contributed by atoms with Gasteiger partial charge >= 0.3 is 0 Å². The zero-order valence-electron chi connectivity index (χ0n) is 9.84. The first-order valence-electron chi connectivity index (χ1n) is 5.87. The van der Waals surface area contributed by atoms with Crippen molar-refractivity contribution in [3.8, 4) is 0 Å². The Balaban J connectivity index is 2.25. The van der Waals surface area contributed by atoms with Gasteiger partial charge in [0.15, 0.2) is 0 Å². The van der Waals surface area contributed by atoms with Crippen molar-refractivity contribution in [2.24, 2.45) is 0 Å². The smallest absolute Gasteiger partial charge is 0.246 e. The molecule has 4 aromatic rings. The molecule has 0 saturated heterocycles. The van der Waals surface area contributed by atoms with Crippen molar-refractivity contribution in [1.82, 2.24) is 9.97 Å². The summed E-state index contributed by atoms with van der Waals surface area (Å²) < 4.78 is 5.74. The monoisotopic (exact) mass is 234 g/mol. The minimum Gasteiger partial charge on any atom is -0.436 e. The van der Waals surface area contributed by atoms with Crippen LogP contribution in [-0.2, 0) is 0 Å². The van der Waals surface area contributed by atoms with Gasteiger partial charge in [-0.25, -0.2) is 9.97 Å². The summed E-state index contributed by atoms with van der Waals surface area (Å²) in [7, 11) is 0. The van der Waals surface area contributed by atoms with Gasteiger partial charge in [0.05, 0.1) is 11.0 Å². The van der Waals surface area contributed by atoms with E-state index in [4.69, 9.17) is 4.42 Å². The van der Waals surface area contributed by atoms with Gasteiger partial charge < -0.3 is 4.42 Å². The van der Waals surface area contributed by atoms with Crippen LogP contribution in [0.25, 0.3) is 33.2 Å². The Morgan fingerprint density at radius 2 is 1.72 bits per heavy atom. The average Bonchev–Trinajstić information content (AvgIpc) is 2.73. The van der Waals surface area contributed by atoms with E-state index >= 15 is 0 Å². The lowest BCUT2D eigenvalue weighted by Crippen LogP contribution is -1.83. The van der Waals surface area contributed by atoms with Crippen LogP contribution < -0.4 is 0 Å². The second-order valence-corrected chi connectivity index (χ2v) is 4.47. The van der Waals surface area contributed by atoms with E-state index in [-0.39, 0.29) is 0 Å². The van der Waals surface area contributed by atoms with Crippen molar-refractivity contribution in [1.29, 1.82) is 0 Å². The lowest BCUT2D eigenvalue weighted by atomic mass is 10.2. The first kappa shape index (κ1) is 9.59. The molecule has 0 aliphatic rings. The third kappa shape index (κ3) is 1.24. The second-order valence-electron chi connectivity index (χ2n) is 4.47.